The van der Waals surface area contributed by atoms with Crippen molar-refractivity contribution in [3.63, 3.8) is 0 Å². The Morgan fingerprint density at radius 3 is 1.94 bits per heavy atom. The Kier molecular flexibility index (Phi) is 11.5. The van der Waals surface area contributed by atoms with Crippen LogP contribution in [-0.2, 0) is 58.2 Å². The number of phenols is 2. The number of aliphatic carboxylic acids is 1. The minimum Gasteiger partial charge on any atom is -0.504 e. The van der Waals surface area contributed by atoms with Gasteiger partial charge in [0.05, 0.1) is 16.6 Å². The number of phenolic OH excluding ortho intramolecular Hbond substituents is 2. The number of aromatic nitrogens is 1. The molecule has 340 valence electrons. The summed E-state index contributed by atoms with van der Waals surface area (Å²) in [7, 11) is -1.86. The predicted molar refractivity (Wildman–Crippen MR) is 244 cm³/mol. The molecule has 5 N–H and O–H groups in total. The van der Waals surface area contributed by atoms with Gasteiger partial charge in [0.25, 0.3) is 11.8 Å². The van der Waals surface area contributed by atoms with Gasteiger partial charge in [0, 0.05) is 37.9 Å². The van der Waals surface area contributed by atoms with Crippen molar-refractivity contribution in [1.29, 1.82) is 0 Å². The van der Waals surface area contributed by atoms with Crippen molar-refractivity contribution in [2.75, 3.05) is 17.6 Å². The van der Waals surface area contributed by atoms with Crippen LogP contribution >= 0.6 is 11.3 Å². The molecule has 1 aromatic heterocycles. The number of anilines is 1. The zero-order valence-corrected chi connectivity index (χ0v) is 37.7. The second-order valence-electron chi connectivity index (χ2n) is 17.6. The molecule has 66 heavy (non-hydrogen) atoms. The first kappa shape index (κ1) is 44.3. The van der Waals surface area contributed by atoms with Crippen molar-refractivity contribution in [3.8, 4) is 11.5 Å². The topological polar surface area (TPSA) is 220 Å². The van der Waals surface area contributed by atoms with E-state index in [2.05, 4.69) is 15.8 Å². The summed E-state index contributed by atoms with van der Waals surface area (Å²) >= 11 is 1.19. The maximum Gasteiger partial charge on any atom is 0.353 e. The molecular formula is C48H46N6O10S2. The predicted octanol–water partition coefficient (Wildman–Crippen LogP) is 5.32. The van der Waals surface area contributed by atoms with E-state index < -0.39 is 62.7 Å². The highest BCUT2D eigenvalue weighted by Gasteiger charge is 2.59. The van der Waals surface area contributed by atoms with Crippen LogP contribution in [0.3, 0.4) is 0 Å². The third-order valence-electron chi connectivity index (χ3n) is 11.9. The van der Waals surface area contributed by atoms with Gasteiger partial charge in [-0.25, -0.2) is 14.6 Å². The minimum atomic E-state index is -1.86. The fraction of sp³-hybridized carbons (Fsp3) is 0.292. The molecule has 1 saturated heterocycles. The van der Waals surface area contributed by atoms with Crippen molar-refractivity contribution < 1.29 is 48.3 Å². The SMILES string of the molecule is CC(C)(C)OC(=O)C1(O/N=C(\C(=O)NC2C(=O)N3C(C(=O)O)=C(CN4Cc5cc(O)c(O)cc5C4)CS(=O)[C@@H]23)c2csc(NC(c3ccccc3)(c3ccccc3)c3ccccc3)n2)CC1. The molecule has 18 heteroatoms. The van der Waals surface area contributed by atoms with E-state index in [9.17, 15) is 38.7 Å². The van der Waals surface area contributed by atoms with E-state index in [4.69, 9.17) is 14.6 Å². The Bertz CT molecular complexity index is 2700. The van der Waals surface area contributed by atoms with E-state index >= 15 is 0 Å². The van der Waals surface area contributed by atoms with Gasteiger partial charge in [0.2, 0.25) is 5.60 Å². The van der Waals surface area contributed by atoms with Crippen LogP contribution in [0, 0.1) is 0 Å². The highest BCUT2D eigenvalue weighted by molar-refractivity contribution is 7.86. The molecule has 2 amide bonds. The number of carbonyl (C=O) groups excluding carboxylic acids is 3. The number of carbonyl (C=O) groups is 4. The van der Waals surface area contributed by atoms with E-state index in [1.807, 2.05) is 95.9 Å². The van der Waals surface area contributed by atoms with Crippen LogP contribution in [-0.4, -0.2) is 98.7 Å². The smallest absolute Gasteiger partial charge is 0.353 e. The van der Waals surface area contributed by atoms with Gasteiger partial charge in [-0.2, -0.15) is 0 Å². The number of amides is 2. The average molecular weight is 931 g/mol. The number of thiazole rings is 1. The first-order valence-electron chi connectivity index (χ1n) is 21.2. The molecule has 4 aromatic carbocycles. The van der Waals surface area contributed by atoms with Crippen molar-refractivity contribution in [3.05, 3.63) is 153 Å². The standard InChI is InChI=1S/C48H46N6O10S2/c1-46(2,3)63-44(61)47(19-20-47)64-52-37(34-26-65-45(49-34)51-48(31-13-7-4-8-14-31,32-15-9-5-10-16-32)33-17-11-6-12-18-33)40(57)50-38-41(58)54-39(43(59)60)30(27-66(62)42(38)54)25-53-23-28-21-35(55)36(56)22-29(28)24-53/h4-18,21-22,26,38,42,55-56H,19-20,23-25,27H2,1-3H3,(H,49,51)(H,50,57)(H,59,60)/b52-37-/t38?,42-,66?/m0/s1. The van der Waals surface area contributed by atoms with E-state index in [1.165, 1.54) is 23.5 Å². The van der Waals surface area contributed by atoms with Crippen molar-refractivity contribution in [1.82, 2.24) is 20.1 Å². The number of benzene rings is 4. The first-order chi connectivity index (χ1) is 31.6. The van der Waals surface area contributed by atoms with Crippen LogP contribution in [0.1, 0.15) is 67.1 Å². The summed E-state index contributed by atoms with van der Waals surface area (Å²) in [5.74, 6) is -4.53. The molecule has 0 bridgehead atoms. The number of rotatable bonds is 14. The molecule has 3 atom stereocenters. The molecule has 4 heterocycles. The lowest BCUT2D eigenvalue weighted by Gasteiger charge is -2.49. The number of fused-ring (bicyclic) bond motifs is 2. The number of esters is 1. The quantitative estimate of drug-likeness (QED) is 0.0238. The molecule has 1 saturated carbocycles. The van der Waals surface area contributed by atoms with Gasteiger partial charge < -0.3 is 35.5 Å². The lowest BCUT2D eigenvalue weighted by molar-refractivity contribution is -0.172. The number of carboxylic acids is 1. The van der Waals surface area contributed by atoms with Crippen LogP contribution in [0.5, 0.6) is 11.5 Å². The third-order valence-corrected chi connectivity index (χ3v) is 14.3. The number of hydrogen-bond acceptors (Lipinski definition) is 14. The molecule has 16 nitrogen and oxygen atoms in total. The Labute approximate surface area is 386 Å². The van der Waals surface area contributed by atoms with E-state index in [1.54, 1.807) is 26.2 Å². The zero-order chi connectivity index (χ0) is 46.5. The number of ether oxygens (including phenoxy) is 1. The number of aromatic hydroxyl groups is 2. The molecule has 0 spiro atoms. The highest BCUT2D eigenvalue weighted by atomic mass is 32.2. The normalized spacial score (nSPS) is 20.2. The van der Waals surface area contributed by atoms with Gasteiger partial charge in [-0.3, -0.25) is 23.6 Å². The minimum absolute atomic E-state index is 0.0399. The number of β-lactam (4-membered cyclic amide) rings is 1. The maximum absolute atomic E-state index is 14.5. The number of hydrogen-bond donors (Lipinski definition) is 5. The second kappa shape index (κ2) is 17.2. The summed E-state index contributed by atoms with van der Waals surface area (Å²) < 4.78 is 19.6. The van der Waals surface area contributed by atoms with Crippen LogP contribution in [0.25, 0.3) is 0 Å². The summed E-state index contributed by atoms with van der Waals surface area (Å²) in [5, 5.41) is 41.7. The zero-order valence-electron chi connectivity index (χ0n) is 36.1. The Balaban J connectivity index is 1.02. The van der Waals surface area contributed by atoms with E-state index in [0.29, 0.717) is 18.2 Å². The number of nitrogens with zero attached hydrogens (tertiary/aromatic N) is 4. The fourth-order valence-corrected chi connectivity index (χ4v) is 11.0. The van der Waals surface area contributed by atoms with Gasteiger partial charge in [0.1, 0.15) is 33.9 Å². The molecule has 5 aromatic rings. The Hall–Kier alpha value is -6.89. The van der Waals surface area contributed by atoms with Crippen LogP contribution < -0.4 is 10.6 Å². The Morgan fingerprint density at radius 2 is 1.44 bits per heavy atom. The molecule has 2 fully saturated rings. The monoisotopic (exact) mass is 930 g/mol. The van der Waals surface area contributed by atoms with Gasteiger partial charge in [0.15, 0.2) is 22.3 Å². The molecular weight excluding hydrogens is 885 g/mol. The molecule has 3 aliphatic heterocycles. The molecule has 1 aliphatic carbocycles. The molecule has 4 aliphatic rings. The van der Waals surface area contributed by atoms with Crippen LogP contribution in [0.4, 0.5) is 5.13 Å². The Morgan fingerprint density at radius 1 is 0.894 bits per heavy atom. The van der Waals surface area contributed by atoms with Gasteiger partial charge in [-0.05, 0) is 66.3 Å². The maximum atomic E-state index is 14.5. The summed E-state index contributed by atoms with van der Waals surface area (Å²) in [4.78, 5) is 68.1. The first-order valence-corrected chi connectivity index (χ1v) is 23.5. The summed E-state index contributed by atoms with van der Waals surface area (Å²) in [6.07, 6.45) is 0.548. The highest BCUT2D eigenvalue weighted by Crippen LogP contribution is 2.44. The van der Waals surface area contributed by atoms with Gasteiger partial charge in [-0.1, -0.05) is 96.2 Å². The van der Waals surface area contributed by atoms with Crippen molar-refractivity contribution >= 4 is 56.7 Å². The largest absolute Gasteiger partial charge is 0.504 e. The van der Waals surface area contributed by atoms with E-state index in [0.717, 1.165) is 32.7 Å². The van der Waals surface area contributed by atoms with Crippen molar-refractivity contribution in [2.24, 2.45) is 5.16 Å². The summed E-state index contributed by atoms with van der Waals surface area (Å²) in [6.45, 7) is 5.85. The van der Waals surface area contributed by atoms with Crippen molar-refractivity contribution in [2.45, 2.75) is 74.9 Å². The third kappa shape index (κ3) is 8.31. The lowest BCUT2D eigenvalue weighted by Crippen LogP contribution is -2.74. The number of nitrogens with one attached hydrogen (secondary N) is 2. The van der Waals surface area contributed by atoms with Gasteiger partial charge in [-0.15, -0.1) is 11.3 Å². The molecule has 0 radical (unpaired) electrons. The van der Waals surface area contributed by atoms with Gasteiger partial charge >= 0.3 is 11.9 Å². The summed E-state index contributed by atoms with van der Waals surface area (Å²) in [5.41, 5.74) is 0.514. The number of carboxylic acid groups (broad SMARTS) is 1. The lowest BCUT2D eigenvalue weighted by atomic mass is 9.77. The number of oxime groups is 1. The average Bonchev–Trinajstić information content (AvgIpc) is 3.79. The summed E-state index contributed by atoms with van der Waals surface area (Å²) in [6, 6.07) is 31.0. The second-order valence-corrected chi connectivity index (χ2v) is 20.0. The fourth-order valence-electron chi connectivity index (χ4n) is 8.60. The molecule has 9 rings (SSSR count). The van der Waals surface area contributed by atoms with Crippen LogP contribution in [0.15, 0.2) is 125 Å². The molecule has 2 unspecified atom stereocenters. The van der Waals surface area contributed by atoms with E-state index in [-0.39, 0.29) is 59.3 Å². The van der Waals surface area contributed by atoms with Crippen LogP contribution in [0.2, 0.25) is 0 Å².